The monoisotopic (exact) mass is 325 g/mol. The highest BCUT2D eigenvalue weighted by molar-refractivity contribution is 7.99. The summed E-state index contributed by atoms with van der Waals surface area (Å²) in [5, 5.41) is 12.7. The van der Waals surface area contributed by atoms with Gasteiger partial charge < -0.3 is 14.8 Å². The molecule has 21 heavy (non-hydrogen) atoms. The molecule has 2 aromatic rings. The molecular weight excluding hydrogens is 310 g/mol. The number of thioether (sulfide) groups is 1. The number of nitrogens with one attached hydrogen (secondary N) is 1. The Balaban J connectivity index is 1.78. The van der Waals surface area contributed by atoms with Crippen LogP contribution in [0.5, 0.6) is 0 Å². The van der Waals surface area contributed by atoms with E-state index < -0.39 is 6.04 Å². The van der Waals surface area contributed by atoms with Crippen LogP contribution in [0.4, 0.5) is 0 Å². The van der Waals surface area contributed by atoms with Crippen LogP contribution >= 0.6 is 23.4 Å². The number of furan rings is 1. The summed E-state index contributed by atoms with van der Waals surface area (Å²) in [4.78, 5) is 12.8. The van der Waals surface area contributed by atoms with Gasteiger partial charge in [0.25, 0.3) is 0 Å². The SMILES string of the molecule is O=C(CCSc1ccccc1Cl)NC(CO)c1ccco1. The highest BCUT2D eigenvalue weighted by Gasteiger charge is 2.15. The van der Waals surface area contributed by atoms with Gasteiger partial charge in [-0.2, -0.15) is 0 Å². The fourth-order valence-corrected chi connectivity index (χ4v) is 2.97. The van der Waals surface area contributed by atoms with Crippen molar-refractivity contribution in [3.05, 3.63) is 53.4 Å². The molecule has 6 heteroatoms. The maximum Gasteiger partial charge on any atom is 0.221 e. The van der Waals surface area contributed by atoms with Gasteiger partial charge in [0.1, 0.15) is 11.8 Å². The van der Waals surface area contributed by atoms with E-state index in [9.17, 15) is 9.90 Å². The van der Waals surface area contributed by atoms with E-state index in [2.05, 4.69) is 5.32 Å². The molecule has 0 fully saturated rings. The Bertz CT molecular complexity index is 574. The van der Waals surface area contributed by atoms with Gasteiger partial charge >= 0.3 is 0 Å². The predicted octanol–water partition coefficient (Wildman–Crippen LogP) is 3.27. The number of benzene rings is 1. The molecule has 0 saturated carbocycles. The summed E-state index contributed by atoms with van der Waals surface area (Å²) in [6.45, 7) is -0.198. The van der Waals surface area contributed by atoms with Gasteiger partial charge in [-0.05, 0) is 24.3 Å². The second-order valence-electron chi connectivity index (χ2n) is 4.35. The van der Waals surface area contributed by atoms with E-state index in [4.69, 9.17) is 16.0 Å². The van der Waals surface area contributed by atoms with Crippen molar-refractivity contribution in [2.45, 2.75) is 17.4 Å². The fourth-order valence-electron chi connectivity index (χ4n) is 1.78. The molecule has 1 amide bonds. The van der Waals surface area contributed by atoms with Crippen molar-refractivity contribution in [1.82, 2.24) is 5.32 Å². The highest BCUT2D eigenvalue weighted by Crippen LogP contribution is 2.26. The minimum atomic E-state index is -0.502. The number of rotatable bonds is 7. The minimum absolute atomic E-state index is 0.134. The molecule has 0 radical (unpaired) electrons. The number of hydrogen-bond donors (Lipinski definition) is 2. The van der Waals surface area contributed by atoms with Crippen LogP contribution in [-0.2, 0) is 4.79 Å². The summed E-state index contributed by atoms with van der Waals surface area (Å²) in [5.41, 5.74) is 0. The van der Waals surface area contributed by atoms with Crippen LogP contribution in [-0.4, -0.2) is 23.4 Å². The number of aliphatic hydroxyl groups excluding tert-OH is 1. The number of halogens is 1. The number of amides is 1. The minimum Gasteiger partial charge on any atom is -0.467 e. The van der Waals surface area contributed by atoms with E-state index in [1.807, 2.05) is 24.3 Å². The summed E-state index contributed by atoms with van der Waals surface area (Å²) in [5.74, 6) is 1.03. The van der Waals surface area contributed by atoms with Crippen LogP contribution in [0.2, 0.25) is 5.02 Å². The Kier molecular flexibility index (Phi) is 6.17. The van der Waals surface area contributed by atoms with Crippen molar-refractivity contribution in [2.75, 3.05) is 12.4 Å². The van der Waals surface area contributed by atoms with E-state index in [0.717, 1.165) is 4.90 Å². The smallest absolute Gasteiger partial charge is 0.221 e. The molecule has 1 heterocycles. The summed E-state index contributed by atoms with van der Waals surface area (Å²) in [7, 11) is 0. The summed E-state index contributed by atoms with van der Waals surface area (Å²) in [6.07, 6.45) is 1.85. The summed E-state index contributed by atoms with van der Waals surface area (Å²) in [6, 6.07) is 10.5. The lowest BCUT2D eigenvalue weighted by Crippen LogP contribution is -2.30. The molecule has 0 saturated heterocycles. The van der Waals surface area contributed by atoms with E-state index in [-0.39, 0.29) is 12.5 Å². The van der Waals surface area contributed by atoms with Gasteiger partial charge in [0.2, 0.25) is 5.91 Å². The Morgan fingerprint density at radius 2 is 2.14 bits per heavy atom. The van der Waals surface area contributed by atoms with E-state index in [1.54, 1.807) is 12.1 Å². The Hall–Kier alpha value is -1.43. The van der Waals surface area contributed by atoms with Crippen LogP contribution in [0.3, 0.4) is 0 Å². The zero-order chi connectivity index (χ0) is 15.1. The molecule has 2 N–H and O–H groups in total. The van der Waals surface area contributed by atoms with Crippen molar-refractivity contribution in [3.8, 4) is 0 Å². The third-order valence-electron chi connectivity index (χ3n) is 2.83. The van der Waals surface area contributed by atoms with Gasteiger partial charge in [-0.3, -0.25) is 4.79 Å². The van der Waals surface area contributed by atoms with E-state index in [0.29, 0.717) is 23.0 Å². The van der Waals surface area contributed by atoms with Gasteiger partial charge in [0.15, 0.2) is 0 Å². The molecule has 0 aliphatic rings. The highest BCUT2D eigenvalue weighted by atomic mass is 35.5. The van der Waals surface area contributed by atoms with Crippen LogP contribution in [0.1, 0.15) is 18.2 Å². The number of hydrogen-bond acceptors (Lipinski definition) is 4. The van der Waals surface area contributed by atoms with Gasteiger partial charge in [-0.15, -0.1) is 11.8 Å². The third-order valence-corrected chi connectivity index (χ3v) is 4.34. The lowest BCUT2D eigenvalue weighted by atomic mass is 10.2. The van der Waals surface area contributed by atoms with Gasteiger partial charge in [0.05, 0.1) is 17.9 Å². The Labute approximate surface area is 132 Å². The van der Waals surface area contributed by atoms with Crippen molar-refractivity contribution < 1.29 is 14.3 Å². The largest absolute Gasteiger partial charge is 0.467 e. The van der Waals surface area contributed by atoms with Crippen LogP contribution < -0.4 is 5.32 Å². The predicted molar refractivity (Wildman–Crippen MR) is 83.5 cm³/mol. The average molecular weight is 326 g/mol. The molecule has 0 spiro atoms. The lowest BCUT2D eigenvalue weighted by Gasteiger charge is -2.13. The molecule has 1 aromatic carbocycles. The standard InChI is InChI=1S/C15H16ClNO3S/c16-11-4-1-2-6-14(11)21-9-7-15(19)17-12(10-18)13-5-3-8-20-13/h1-6,8,12,18H,7,9-10H2,(H,17,19). The molecule has 2 rings (SSSR count). The number of carbonyl (C=O) groups excluding carboxylic acids is 1. The number of carbonyl (C=O) groups is 1. The Morgan fingerprint density at radius 1 is 1.33 bits per heavy atom. The van der Waals surface area contributed by atoms with Gasteiger partial charge in [0, 0.05) is 17.1 Å². The van der Waals surface area contributed by atoms with Gasteiger partial charge in [-0.25, -0.2) is 0 Å². The molecule has 0 bridgehead atoms. The van der Waals surface area contributed by atoms with E-state index in [1.165, 1.54) is 18.0 Å². The molecule has 1 atom stereocenters. The molecular formula is C15H16ClNO3S. The first-order valence-corrected chi connectivity index (χ1v) is 7.88. The molecule has 0 aliphatic carbocycles. The first-order chi connectivity index (χ1) is 10.2. The van der Waals surface area contributed by atoms with Crippen molar-refractivity contribution >= 4 is 29.3 Å². The molecule has 1 unspecified atom stereocenters. The Morgan fingerprint density at radius 3 is 2.81 bits per heavy atom. The molecule has 112 valence electrons. The average Bonchev–Trinajstić information content (AvgIpc) is 3.01. The first kappa shape index (κ1) is 15.9. The zero-order valence-corrected chi connectivity index (χ0v) is 12.9. The maximum absolute atomic E-state index is 11.9. The normalized spacial score (nSPS) is 12.1. The van der Waals surface area contributed by atoms with Crippen molar-refractivity contribution in [1.29, 1.82) is 0 Å². The van der Waals surface area contributed by atoms with Crippen LogP contribution in [0, 0.1) is 0 Å². The second-order valence-corrected chi connectivity index (χ2v) is 5.89. The quantitative estimate of drug-likeness (QED) is 0.767. The van der Waals surface area contributed by atoms with Crippen LogP contribution in [0.25, 0.3) is 0 Å². The van der Waals surface area contributed by atoms with Gasteiger partial charge in [-0.1, -0.05) is 23.7 Å². The molecule has 1 aromatic heterocycles. The molecule has 0 aliphatic heterocycles. The summed E-state index contributed by atoms with van der Waals surface area (Å²) < 4.78 is 5.18. The lowest BCUT2D eigenvalue weighted by molar-refractivity contribution is -0.121. The van der Waals surface area contributed by atoms with Crippen molar-refractivity contribution in [2.24, 2.45) is 0 Å². The fraction of sp³-hybridized carbons (Fsp3) is 0.267. The number of aliphatic hydroxyl groups is 1. The first-order valence-electron chi connectivity index (χ1n) is 6.51. The third kappa shape index (κ3) is 4.81. The van der Waals surface area contributed by atoms with Crippen molar-refractivity contribution in [3.63, 3.8) is 0 Å². The maximum atomic E-state index is 11.9. The van der Waals surface area contributed by atoms with Crippen LogP contribution in [0.15, 0.2) is 52.0 Å². The van der Waals surface area contributed by atoms with E-state index >= 15 is 0 Å². The topological polar surface area (TPSA) is 62.5 Å². The second kappa shape index (κ2) is 8.12. The molecule has 4 nitrogen and oxygen atoms in total. The zero-order valence-electron chi connectivity index (χ0n) is 11.3. The summed E-state index contributed by atoms with van der Waals surface area (Å²) >= 11 is 7.58.